The normalized spacial score (nSPS) is 8.42. The first-order valence-electron chi connectivity index (χ1n) is 3.25. The van der Waals surface area contributed by atoms with Crippen LogP contribution in [0, 0.1) is 6.92 Å². The molecule has 2 N–H and O–H groups in total. The van der Waals surface area contributed by atoms with Crippen LogP contribution in [0.2, 0.25) is 10.0 Å². The Morgan fingerprint density at radius 1 is 1.25 bits per heavy atom. The van der Waals surface area contributed by atoms with Gasteiger partial charge in [-0.05, 0) is 24.6 Å². The quantitative estimate of drug-likeness (QED) is 0.633. The number of benzene rings is 1. The Morgan fingerprint density at radius 3 is 2.08 bits per heavy atom. The highest BCUT2D eigenvalue weighted by Crippen LogP contribution is 2.19. The number of rotatable bonds is 0. The van der Waals surface area contributed by atoms with Crippen molar-refractivity contribution in [1.29, 1.82) is 0 Å². The number of hydrogen-bond acceptors (Lipinski definition) is 2. The average Bonchev–Trinajstić information content (AvgIpc) is 1.99. The van der Waals surface area contributed by atoms with E-state index in [9.17, 15) is 0 Å². The van der Waals surface area contributed by atoms with E-state index < -0.39 is 7.69 Å². The van der Waals surface area contributed by atoms with Gasteiger partial charge < -0.3 is 10.0 Å². The Hall–Kier alpha value is -0.215. The van der Waals surface area contributed by atoms with Gasteiger partial charge in [0, 0.05) is 10.0 Å². The molecule has 1 aromatic rings. The largest absolute Gasteiger partial charge is 0.432 e. The van der Waals surface area contributed by atoms with Gasteiger partial charge in [-0.15, -0.1) is 0 Å². The summed E-state index contributed by atoms with van der Waals surface area (Å²) in [7, 11) is -0.750. The summed E-state index contributed by atoms with van der Waals surface area (Å²) in [6.45, 7) is 1.94. The molecule has 66 valence electrons. The van der Waals surface area contributed by atoms with E-state index in [0.717, 1.165) is 10.6 Å². The Labute approximate surface area is 82.1 Å². The summed E-state index contributed by atoms with van der Waals surface area (Å²) in [5, 5.41) is 15.7. The van der Waals surface area contributed by atoms with Crippen molar-refractivity contribution in [3.05, 3.63) is 33.8 Å². The smallest absolute Gasteiger partial charge is 0.430 e. The molecule has 0 atom stereocenters. The summed E-state index contributed by atoms with van der Waals surface area (Å²) in [6, 6.07) is 5.45. The molecule has 0 aromatic heterocycles. The van der Waals surface area contributed by atoms with Gasteiger partial charge in [0.05, 0.1) is 0 Å². The van der Waals surface area contributed by atoms with Crippen LogP contribution in [-0.2, 0) is 0 Å². The first-order valence-corrected chi connectivity index (χ1v) is 4.00. The standard InChI is InChI=1S/C7H6Cl2.BH3O2/c1-5-2-3-6(8)4-7(5)9;2-1-3/h2-4H,1H3;1-3H. The van der Waals surface area contributed by atoms with Crippen LogP contribution in [0.5, 0.6) is 0 Å². The lowest BCUT2D eigenvalue weighted by Crippen LogP contribution is -1.75. The summed E-state index contributed by atoms with van der Waals surface area (Å²) in [5.41, 5.74) is 1.06. The zero-order valence-corrected chi connectivity index (χ0v) is 8.10. The van der Waals surface area contributed by atoms with Crippen LogP contribution >= 0.6 is 23.2 Å². The van der Waals surface area contributed by atoms with E-state index in [1.54, 1.807) is 6.07 Å². The average molecular weight is 207 g/mol. The molecule has 0 bridgehead atoms. The van der Waals surface area contributed by atoms with Crippen LogP contribution in [0.1, 0.15) is 5.56 Å². The molecule has 0 aliphatic heterocycles. The van der Waals surface area contributed by atoms with E-state index in [1.807, 2.05) is 19.1 Å². The predicted octanol–water partition coefficient (Wildman–Crippen LogP) is 1.54. The van der Waals surface area contributed by atoms with Crippen molar-refractivity contribution in [3.63, 3.8) is 0 Å². The van der Waals surface area contributed by atoms with Gasteiger partial charge in [-0.1, -0.05) is 29.3 Å². The Bertz CT molecular complexity index is 243. The van der Waals surface area contributed by atoms with Gasteiger partial charge in [-0.25, -0.2) is 0 Å². The van der Waals surface area contributed by atoms with Gasteiger partial charge >= 0.3 is 7.69 Å². The van der Waals surface area contributed by atoms with Gasteiger partial charge in [0.25, 0.3) is 0 Å². The third kappa shape index (κ3) is 4.62. The molecule has 0 unspecified atom stereocenters. The lowest BCUT2D eigenvalue weighted by molar-refractivity contribution is 0.448. The third-order valence-electron chi connectivity index (χ3n) is 1.13. The minimum Gasteiger partial charge on any atom is -0.430 e. The molecule has 2 nitrogen and oxygen atoms in total. The zero-order chi connectivity index (χ0) is 9.56. The molecule has 0 aliphatic rings. The van der Waals surface area contributed by atoms with E-state index in [-0.39, 0.29) is 0 Å². The monoisotopic (exact) mass is 206 g/mol. The minimum atomic E-state index is -0.750. The van der Waals surface area contributed by atoms with Crippen molar-refractivity contribution < 1.29 is 10.0 Å². The third-order valence-corrected chi connectivity index (χ3v) is 1.78. The molecular formula is C7H9BCl2O2. The van der Waals surface area contributed by atoms with Crippen molar-refractivity contribution in [3.8, 4) is 0 Å². The highest BCUT2D eigenvalue weighted by Gasteiger charge is 1.92. The van der Waals surface area contributed by atoms with Crippen molar-refractivity contribution in [2.75, 3.05) is 0 Å². The highest BCUT2D eigenvalue weighted by molar-refractivity contribution is 6.35. The Morgan fingerprint density at radius 2 is 1.75 bits per heavy atom. The van der Waals surface area contributed by atoms with E-state index in [2.05, 4.69) is 0 Å². The first kappa shape index (κ1) is 11.8. The molecule has 1 rings (SSSR count). The van der Waals surface area contributed by atoms with Crippen molar-refractivity contribution in [2.24, 2.45) is 0 Å². The maximum absolute atomic E-state index is 7.12. The summed E-state index contributed by atoms with van der Waals surface area (Å²) in [4.78, 5) is 0. The fraction of sp³-hybridized carbons (Fsp3) is 0.143. The second kappa shape index (κ2) is 6.32. The van der Waals surface area contributed by atoms with Crippen molar-refractivity contribution in [1.82, 2.24) is 0 Å². The van der Waals surface area contributed by atoms with Crippen LogP contribution in [0.3, 0.4) is 0 Å². The maximum Gasteiger partial charge on any atom is 0.432 e. The molecule has 0 aliphatic carbocycles. The van der Waals surface area contributed by atoms with Crippen LogP contribution in [0.4, 0.5) is 0 Å². The van der Waals surface area contributed by atoms with Crippen LogP contribution in [0.25, 0.3) is 0 Å². The summed E-state index contributed by atoms with van der Waals surface area (Å²) in [6.07, 6.45) is 0. The van der Waals surface area contributed by atoms with Gasteiger partial charge in [0.2, 0.25) is 0 Å². The van der Waals surface area contributed by atoms with Crippen LogP contribution in [0.15, 0.2) is 18.2 Å². The molecule has 0 saturated carbocycles. The van der Waals surface area contributed by atoms with Crippen molar-refractivity contribution >= 4 is 30.9 Å². The molecule has 0 heterocycles. The summed E-state index contributed by atoms with van der Waals surface area (Å²) >= 11 is 11.4. The van der Waals surface area contributed by atoms with Gasteiger partial charge in [-0.3, -0.25) is 0 Å². The Balaban J connectivity index is 0.000000354. The van der Waals surface area contributed by atoms with Crippen LogP contribution < -0.4 is 0 Å². The van der Waals surface area contributed by atoms with E-state index in [4.69, 9.17) is 33.2 Å². The SMILES string of the molecule is Cc1ccc(Cl)cc1Cl.OBO. The number of halogens is 2. The summed E-state index contributed by atoms with van der Waals surface area (Å²) in [5.74, 6) is 0. The Kier molecular flexibility index (Phi) is 6.20. The fourth-order valence-electron chi connectivity index (χ4n) is 0.567. The van der Waals surface area contributed by atoms with Gasteiger partial charge in [0.1, 0.15) is 0 Å². The van der Waals surface area contributed by atoms with E-state index >= 15 is 0 Å². The van der Waals surface area contributed by atoms with Gasteiger partial charge in [-0.2, -0.15) is 0 Å². The van der Waals surface area contributed by atoms with E-state index in [1.165, 1.54) is 0 Å². The molecular weight excluding hydrogens is 198 g/mol. The minimum absolute atomic E-state index is 0.686. The fourth-order valence-corrected chi connectivity index (χ4v) is 0.976. The molecule has 1 aromatic carbocycles. The number of aryl methyl sites for hydroxylation is 1. The molecule has 12 heavy (non-hydrogen) atoms. The summed E-state index contributed by atoms with van der Waals surface area (Å²) < 4.78 is 0. The topological polar surface area (TPSA) is 40.5 Å². The van der Waals surface area contributed by atoms with Crippen molar-refractivity contribution in [2.45, 2.75) is 6.92 Å². The molecule has 0 amide bonds. The zero-order valence-electron chi connectivity index (χ0n) is 6.59. The molecule has 0 spiro atoms. The number of hydrogen-bond donors (Lipinski definition) is 2. The lowest BCUT2D eigenvalue weighted by Gasteiger charge is -1.94. The molecule has 0 fully saturated rings. The van der Waals surface area contributed by atoms with E-state index in [0.29, 0.717) is 5.02 Å². The first-order chi connectivity index (χ1) is 5.61. The van der Waals surface area contributed by atoms with Crippen LogP contribution in [-0.4, -0.2) is 17.7 Å². The lowest BCUT2D eigenvalue weighted by atomic mass is 10.2. The second-order valence-corrected chi connectivity index (χ2v) is 2.88. The van der Waals surface area contributed by atoms with Gasteiger partial charge in [0.15, 0.2) is 0 Å². The predicted molar refractivity (Wildman–Crippen MR) is 52.8 cm³/mol. The maximum atomic E-state index is 7.12. The second-order valence-electron chi connectivity index (χ2n) is 2.03. The molecule has 0 radical (unpaired) electrons. The highest BCUT2D eigenvalue weighted by atomic mass is 35.5. The molecule has 0 saturated heterocycles. The molecule has 5 heteroatoms.